The van der Waals surface area contributed by atoms with Gasteiger partial charge in [-0.3, -0.25) is 9.69 Å². The number of piperazine rings is 1. The van der Waals surface area contributed by atoms with Gasteiger partial charge in [0.2, 0.25) is 0 Å². The molecular formula is C19H21BN4OS. The third-order valence-corrected chi connectivity index (χ3v) is 6.02. The minimum atomic E-state index is 0.0945. The molecule has 4 rings (SSSR count). The summed E-state index contributed by atoms with van der Waals surface area (Å²) >= 11 is 1.63. The topological polar surface area (TPSA) is 39.7 Å². The van der Waals surface area contributed by atoms with Gasteiger partial charge in [0, 0.05) is 62.5 Å². The summed E-state index contributed by atoms with van der Waals surface area (Å²) in [6, 6.07) is 7.61. The summed E-state index contributed by atoms with van der Waals surface area (Å²) in [5, 5.41) is 2.99. The van der Waals surface area contributed by atoms with Gasteiger partial charge in [-0.1, -0.05) is 36.3 Å². The van der Waals surface area contributed by atoms with Crippen molar-refractivity contribution in [2.75, 3.05) is 39.3 Å². The fourth-order valence-electron chi connectivity index (χ4n) is 3.52. The molecule has 132 valence electrons. The van der Waals surface area contributed by atoms with Crippen molar-refractivity contribution in [3.8, 4) is 0 Å². The monoisotopic (exact) mass is 364 g/mol. The number of likely N-dealkylation sites (tertiary alicyclic amines) is 1. The molecule has 0 unspecified atom stereocenters. The van der Waals surface area contributed by atoms with Gasteiger partial charge in [0.15, 0.2) is 0 Å². The number of rotatable bonds is 4. The molecule has 26 heavy (non-hydrogen) atoms. The standard InChI is InChI=1S/C19H21BN4OS/c1-14(18-21-6-11-26-18)22-7-9-23(10-8-22)17-12-24(13-17)19(25)15-2-4-16(20)5-3-15/h2-6,11,17H,1,7-10,12-13H2. The van der Waals surface area contributed by atoms with Gasteiger partial charge in [-0.2, -0.15) is 0 Å². The number of hydrogen-bond donors (Lipinski definition) is 0. The van der Waals surface area contributed by atoms with Crippen LogP contribution in [0.4, 0.5) is 0 Å². The van der Waals surface area contributed by atoms with E-state index >= 15 is 0 Å². The maximum absolute atomic E-state index is 12.5. The van der Waals surface area contributed by atoms with Crippen LogP contribution in [-0.2, 0) is 0 Å². The fourth-order valence-corrected chi connectivity index (χ4v) is 4.16. The molecule has 1 aromatic carbocycles. The van der Waals surface area contributed by atoms with E-state index in [9.17, 15) is 4.79 Å². The van der Waals surface area contributed by atoms with Gasteiger partial charge in [-0.15, -0.1) is 11.3 Å². The van der Waals surface area contributed by atoms with Crippen molar-refractivity contribution in [1.29, 1.82) is 0 Å². The van der Waals surface area contributed by atoms with Gasteiger partial charge < -0.3 is 9.80 Å². The molecule has 2 aromatic rings. The highest BCUT2D eigenvalue weighted by atomic mass is 32.1. The molecule has 5 nitrogen and oxygen atoms in total. The van der Waals surface area contributed by atoms with Gasteiger partial charge in [0.05, 0.1) is 5.70 Å². The van der Waals surface area contributed by atoms with Gasteiger partial charge in [-0.05, 0) is 0 Å². The lowest BCUT2D eigenvalue weighted by Gasteiger charge is -2.48. The molecule has 0 N–H and O–H groups in total. The second-order valence-electron chi connectivity index (χ2n) is 6.79. The van der Waals surface area contributed by atoms with Crippen molar-refractivity contribution in [1.82, 2.24) is 19.7 Å². The third-order valence-electron chi connectivity index (χ3n) is 5.20. The SMILES string of the molecule is [B]c1ccc(C(=O)N2CC(N3CCN(C(=C)c4nccs4)CC3)C2)cc1. The molecule has 7 heteroatoms. The zero-order valence-electron chi connectivity index (χ0n) is 14.7. The van der Waals surface area contributed by atoms with Crippen LogP contribution >= 0.6 is 11.3 Å². The van der Waals surface area contributed by atoms with Crippen LogP contribution in [0.2, 0.25) is 0 Å². The minimum absolute atomic E-state index is 0.0945. The number of amides is 1. The van der Waals surface area contributed by atoms with Crippen LogP contribution in [0.25, 0.3) is 5.70 Å². The van der Waals surface area contributed by atoms with Gasteiger partial charge in [0.1, 0.15) is 12.9 Å². The number of hydrogen-bond acceptors (Lipinski definition) is 5. The molecular weight excluding hydrogens is 343 g/mol. The predicted molar refractivity (Wildman–Crippen MR) is 106 cm³/mol. The highest BCUT2D eigenvalue weighted by molar-refractivity contribution is 7.10. The van der Waals surface area contributed by atoms with Gasteiger partial charge in [-0.25, -0.2) is 4.98 Å². The molecule has 1 aromatic heterocycles. The minimum Gasteiger partial charge on any atom is -0.367 e. The second-order valence-corrected chi connectivity index (χ2v) is 7.69. The lowest BCUT2D eigenvalue weighted by molar-refractivity contribution is 0.0144. The van der Waals surface area contributed by atoms with E-state index < -0.39 is 0 Å². The Morgan fingerprint density at radius 1 is 1.12 bits per heavy atom. The first-order valence-corrected chi connectivity index (χ1v) is 9.72. The van der Waals surface area contributed by atoms with E-state index in [2.05, 4.69) is 21.4 Å². The lowest BCUT2D eigenvalue weighted by atomic mass is 9.94. The largest absolute Gasteiger partial charge is 0.367 e. The van der Waals surface area contributed by atoms with Crippen molar-refractivity contribution in [3.05, 3.63) is 53.0 Å². The maximum Gasteiger partial charge on any atom is 0.253 e. The summed E-state index contributed by atoms with van der Waals surface area (Å²) < 4.78 is 0. The summed E-state index contributed by atoms with van der Waals surface area (Å²) in [5.41, 5.74) is 2.41. The average Bonchev–Trinajstić information content (AvgIpc) is 3.15. The molecule has 2 aliphatic rings. The Kier molecular flexibility index (Phi) is 4.83. The Hall–Kier alpha value is -2.12. The first-order valence-electron chi connectivity index (χ1n) is 8.84. The second kappa shape index (κ2) is 7.25. The van der Waals surface area contributed by atoms with Crippen molar-refractivity contribution in [2.24, 2.45) is 0 Å². The van der Waals surface area contributed by atoms with Gasteiger partial charge >= 0.3 is 0 Å². The highest BCUT2D eigenvalue weighted by Gasteiger charge is 2.36. The lowest BCUT2D eigenvalue weighted by Crippen LogP contribution is -2.64. The maximum atomic E-state index is 12.5. The Balaban J connectivity index is 1.26. The number of carbonyl (C=O) groups is 1. The molecule has 0 spiro atoms. The quantitative estimate of drug-likeness (QED) is 0.761. The molecule has 0 saturated carbocycles. The van der Waals surface area contributed by atoms with Crippen LogP contribution in [0.5, 0.6) is 0 Å². The molecule has 0 bridgehead atoms. The van der Waals surface area contributed by atoms with Crippen LogP contribution in [0.15, 0.2) is 42.4 Å². The van der Waals surface area contributed by atoms with Crippen LogP contribution in [0, 0.1) is 0 Å². The Labute approximate surface area is 159 Å². The average molecular weight is 364 g/mol. The Morgan fingerprint density at radius 2 is 1.81 bits per heavy atom. The van der Waals surface area contributed by atoms with Crippen LogP contribution in [0.3, 0.4) is 0 Å². The van der Waals surface area contributed by atoms with E-state index in [1.54, 1.807) is 35.6 Å². The van der Waals surface area contributed by atoms with E-state index in [-0.39, 0.29) is 5.91 Å². The smallest absolute Gasteiger partial charge is 0.253 e. The zero-order chi connectivity index (χ0) is 18.1. The molecule has 1 amide bonds. The number of aromatic nitrogens is 1. The van der Waals surface area contributed by atoms with Crippen molar-refractivity contribution in [2.45, 2.75) is 6.04 Å². The van der Waals surface area contributed by atoms with Crippen LogP contribution < -0.4 is 5.46 Å². The highest BCUT2D eigenvalue weighted by Crippen LogP contribution is 2.24. The van der Waals surface area contributed by atoms with Crippen molar-refractivity contribution < 1.29 is 4.79 Å². The summed E-state index contributed by atoms with van der Waals surface area (Å²) in [7, 11) is 5.69. The number of nitrogens with zero attached hydrogens (tertiary/aromatic N) is 4. The van der Waals surface area contributed by atoms with Crippen molar-refractivity contribution >= 4 is 36.3 Å². The third kappa shape index (κ3) is 3.41. The van der Waals surface area contributed by atoms with Crippen LogP contribution in [-0.4, -0.2) is 78.7 Å². The first-order chi connectivity index (χ1) is 12.6. The van der Waals surface area contributed by atoms with Crippen molar-refractivity contribution in [3.63, 3.8) is 0 Å². The first kappa shape index (κ1) is 17.3. The fraction of sp³-hybridized carbons (Fsp3) is 0.368. The summed E-state index contributed by atoms with van der Waals surface area (Å²) in [4.78, 5) is 23.5. The summed E-state index contributed by atoms with van der Waals surface area (Å²) in [6.45, 7) is 9.71. The number of thiazole rings is 1. The normalized spacial score (nSPS) is 18.6. The Morgan fingerprint density at radius 3 is 2.42 bits per heavy atom. The molecule has 2 fully saturated rings. The molecule has 2 aliphatic heterocycles. The van der Waals surface area contributed by atoms with E-state index in [4.69, 9.17) is 7.85 Å². The van der Waals surface area contributed by atoms with Gasteiger partial charge in [0.25, 0.3) is 5.91 Å². The Bertz CT molecular complexity index is 778. The molecule has 0 aliphatic carbocycles. The number of benzene rings is 1. The summed E-state index contributed by atoms with van der Waals surface area (Å²) in [6.07, 6.45) is 1.82. The predicted octanol–water partition coefficient (Wildman–Crippen LogP) is 1.05. The van der Waals surface area contributed by atoms with E-state index in [0.717, 1.165) is 50.0 Å². The molecule has 0 atom stereocenters. The molecule has 3 heterocycles. The molecule has 2 saturated heterocycles. The summed E-state index contributed by atoms with van der Waals surface area (Å²) in [5.74, 6) is 0.0945. The van der Waals surface area contributed by atoms with E-state index in [0.29, 0.717) is 17.1 Å². The van der Waals surface area contributed by atoms with E-state index in [1.807, 2.05) is 16.5 Å². The molecule has 2 radical (unpaired) electrons. The zero-order valence-corrected chi connectivity index (χ0v) is 15.5. The van der Waals surface area contributed by atoms with E-state index in [1.165, 1.54) is 0 Å². The van der Waals surface area contributed by atoms with Crippen LogP contribution in [0.1, 0.15) is 15.4 Å². The number of carbonyl (C=O) groups excluding carboxylic acids is 1.